The van der Waals surface area contributed by atoms with Crippen LogP contribution in [0.3, 0.4) is 0 Å². The summed E-state index contributed by atoms with van der Waals surface area (Å²) in [6.45, 7) is 6.12. The molecule has 1 saturated heterocycles. The molecule has 0 N–H and O–H groups in total. The molecule has 0 saturated carbocycles. The molecule has 0 bridgehead atoms. The Morgan fingerprint density at radius 3 is 2.58 bits per heavy atom. The van der Waals surface area contributed by atoms with Crippen molar-refractivity contribution in [2.75, 3.05) is 25.0 Å². The van der Waals surface area contributed by atoms with Crippen LogP contribution < -0.4 is 4.90 Å². The average Bonchev–Trinajstić information content (AvgIpc) is 3.18. The van der Waals surface area contributed by atoms with Gasteiger partial charge < -0.3 is 4.90 Å². The van der Waals surface area contributed by atoms with Gasteiger partial charge in [-0.2, -0.15) is 13.2 Å². The van der Waals surface area contributed by atoms with Gasteiger partial charge in [-0.3, -0.25) is 4.90 Å². The zero-order chi connectivity index (χ0) is 22.2. The van der Waals surface area contributed by atoms with Crippen LogP contribution in [0.5, 0.6) is 0 Å². The number of hydrogen-bond donors (Lipinski definition) is 0. The summed E-state index contributed by atoms with van der Waals surface area (Å²) in [6, 6.07) is 6.01. The van der Waals surface area contributed by atoms with Crippen molar-refractivity contribution in [3.8, 4) is 0 Å². The Labute approximate surface area is 178 Å². The summed E-state index contributed by atoms with van der Waals surface area (Å²) in [5.41, 5.74) is 1.49. The van der Waals surface area contributed by atoms with E-state index in [9.17, 15) is 13.2 Å². The minimum atomic E-state index is -4.32. The monoisotopic (exact) mass is 433 g/mol. The lowest BCUT2D eigenvalue weighted by Gasteiger charge is -2.37. The van der Waals surface area contributed by atoms with Crippen LogP contribution in [-0.2, 0) is 12.7 Å². The summed E-state index contributed by atoms with van der Waals surface area (Å²) in [5, 5.41) is 8.51. The number of benzene rings is 1. The van der Waals surface area contributed by atoms with Gasteiger partial charge in [0.25, 0.3) is 0 Å². The molecule has 0 radical (unpaired) electrons. The van der Waals surface area contributed by atoms with Gasteiger partial charge in [0.1, 0.15) is 6.33 Å². The SMILES string of the molecule is CC(C)n1nnc2c(N3CCC(N(C)Cc4cccc(C(F)(F)F)c4)CC3)ncnc21. The highest BCUT2D eigenvalue weighted by Gasteiger charge is 2.31. The number of anilines is 1. The number of nitrogens with zero attached hydrogens (tertiary/aromatic N) is 7. The Hall–Kier alpha value is -2.75. The quantitative estimate of drug-likeness (QED) is 0.608. The van der Waals surface area contributed by atoms with Crippen LogP contribution in [0.25, 0.3) is 11.2 Å². The Kier molecular flexibility index (Phi) is 5.83. The predicted octanol–water partition coefficient (Wildman–Crippen LogP) is 3.92. The number of hydrogen-bond acceptors (Lipinski definition) is 6. The summed E-state index contributed by atoms with van der Waals surface area (Å²) in [6.07, 6.45) is -0.996. The van der Waals surface area contributed by atoms with Crippen LogP contribution >= 0.6 is 0 Å². The van der Waals surface area contributed by atoms with Crippen molar-refractivity contribution in [2.45, 2.75) is 51.5 Å². The zero-order valence-electron chi connectivity index (χ0n) is 17.8. The lowest BCUT2D eigenvalue weighted by Crippen LogP contribution is -2.43. The first-order chi connectivity index (χ1) is 14.7. The molecule has 10 heteroatoms. The van der Waals surface area contributed by atoms with Gasteiger partial charge in [0, 0.05) is 25.7 Å². The van der Waals surface area contributed by atoms with Gasteiger partial charge in [0.2, 0.25) is 0 Å². The van der Waals surface area contributed by atoms with E-state index >= 15 is 0 Å². The number of fused-ring (bicyclic) bond motifs is 1. The van der Waals surface area contributed by atoms with E-state index in [1.165, 1.54) is 12.1 Å². The van der Waals surface area contributed by atoms with Gasteiger partial charge in [-0.25, -0.2) is 14.6 Å². The lowest BCUT2D eigenvalue weighted by atomic mass is 10.0. The number of piperidine rings is 1. The smallest absolute Gasteiger partial charge is 0.354 e. The van der Waals surface area contributed by atoms with Gasteiger partial charge in [-0.1, -0.05) is 23.4 Å². The molecule has 166 valence electrons. The summed E-state index contributed by atoms with van der Waals surface area (Å²) >= 11 is 0. The molecule has 0 amide bonds. The Morgan fingerprint density at radius 2 is 1.90 bits per heavy atom. The van der Waals surface area contributed by atoms with Gasteiger partial charge >= 0.3 is 6.18 Å². The molecule has 3 aromatic rings. The maximum absolute atomic E-state index is 13.0. The first-order valence-electron chi connectivity index (χ1n) is 10.4. The van der Waals surface area contributed by atoms with Crippen molar-refractivity contribution in [2.24, 2.45) is 0 Å². The Balaban J connectivity index is 1.42. The highest BCUT2D eigenvalue weighted by molar-refractivity contribution is 5.82. The van der Waals surface area contributed by atoms with Crippen molar-refractivity contribution >= 4 is 17.0 Å². The Morgan fingerprint density at radius 1 is 1.16 bits per heavy atom. The summed E-state index contributed by atoms with van der Waals surface area (Å²) in [5.74, 6) is 0.788. The lowest BCUT2D eigenvalue weighted by molar-refractivity contribution is -0.137. The molecule has 3 heterocycles. The van der Waals surface area contributed by atoms with Gasteiger partial charge in [-0.15, -0.1) is 5.10 Å². The topological polar surface area (TPSA) is 63.0 Å². The van der Waals surface area contributed by atoms with Crippen molar-refractivity contribution in [1.29, 1.82) is 0 Å². The standard InChI is InChI=1S/C21H26F3N7/c1-14(2)31-20-18(27-28-31)19(25-13-26-20)30-9-7-17(8-10-30)29(3)12-15-5-4-6-16(11-15)21(22,23)24/h4-6,11,13-14,17H,7-10,12H2,1-3H3. The van der Waals surface area contributed by atoms with E-state index in [1.54, 1.807) is 17.1 Å². The molecule has 31 heavy (non-hydrogen) atoms. The van der Waals surface area contributed by atoms with E-state index in [2.05, 4.69) is 30.1 Å². The van der Waals surface area contributed by atoms with Crippen molar-refractivity contribution < 1.29 is 13.2 Å². The fraction of sp³-hybridized carbons (Fsp3) is 0.524. The maximum Gasteiger partial charge on any atom is 0.416 e. The molecular formula is C21H26F3N7. The normalized spacial score (nSPS) is 16.1. The molecule has 4 rings (SSSR count). The minimum absolute atomic E-state index is 0.156. The predicted molar refractivity (Wildman–Crippen MR) is 112 cm³/mol. The van der Waals surface area contributed by atoms with E-state index in [1.807, 2.05) is 20.9 Å². The van der Waals surface area contributed by atoms with E-state index in [0.29, 0.717) is 17.6 Å². The van der Waals surface area contributed by atoms with Crippen molar-refractivity contribution in [1.82, 2.24) is 29.9 Å². The van der Waals surface area contributed by atoms with Crippen LogP contribution in [-0.4, -0.2) is 56.0 Å². The number of halogens is 3. The Bertz CT molecular complexity index is 1040. The van der Waals surface area contributed by atoms with Gasteiger partial charge in [-0.05, 0) is 45.4 Å². The molecule has 0 unspecified atom stereocenters. The van der Waals surface area contributed by atoms with E-state index in [0.717, 1.165) is 43.5 Å². The molecule has 0 spiro atoms. The molecule has 2 aromatic heterocycles. The summed E-state index contributed by atoms with van der Waals surface area (Å²) in [4.78, 5) is 13.1. The second-order valence-corrected chi connectivity index (χ2v) is 8.33. The highest BCUT2D eigenvalue weighted by Crippen LogP contribution is 2.30. The van der Waals surface area contributed by atoms with Crippen molar-refractivity contribution in [3.63, 3.8) is 0 Å². The van der Waals surface area contributed by atoms with E-state index in [4.69, 9.17) is 0 Å². The third kappa shape index (κ3) is 4.48. The fourth-order valence-electron chi connectivity index (χ4n) is 4.11. The first kappa shape index (κ1) is 21.5. The zero-order valence-corrected chi connectivity index (χ0v) is 17.8. The molecule has 1 aliphatic rings. The molecule has 0 atom stereocenters. The van der Waals surface area contributed by atoms with Crippen LogP contribution in [0.15, 0.2) is 30.6 Å². The van der Waals surface area contributed by atoms with Crippen LogP contribution in [0.2, 0.25) is 0 Å². The molecule has 1 fully saturated rings. The second-order valence-electron chi connectivity index (χ2n) is 8.33. The third-order valence-electron chi connectivity index (χ3n) is 5.80. The largest absolute Gasteiger partial charge is 0.416 e. The van der Waals surface area contributed by atoms with Gasteiger partial charge in [0.05, 0.1) is 11.6 Å². The fourth-order valence-corrected chi connectivity index (χ4v) is 4.11. The summed E-state index contributed by atoms with van der Waals surface area (Å²) in [7, 11) is 1.97. The third-order valence-corrected chi connectivity index (χ3v) is 5.80. The molecular weight excluding hydrogens is 407 g/mol. The molecule has 1 aliphatic heterocycles. The molecule has 0 aliphatic carbocycles. The highest BCUT2D eigenvalue weighted by atomic mass is 19.4. The van der Waals surface area contributed by atoms with Crippen LogP contribution in [0, 0.1) is 0 Å². The van der Waals surface area contributed by atoms with Gasteiger partial charge in [0.15, 0.2) is 17.0 Å². The first-order valence-corrected chi connectivity index (χ1v) is 10.4. The number of rotatable bonds is 5. The van der Waals surface area contributed by atoms with Crippen molar-refractivity contribution in [3.05, 3.63) is 41.7 Å². The minimum Gasteiger partial charge on any atom is -0.354 e. The average molecular weight is 433 g/mol. The molecule has 7 nitrogen and oxygen atoms in total. The van der Waals surface area contributed by atoms with E-state index in [-0.39, 0.29) is 12.1 Å². The second kappa shape index (κ2) is 8.41. The maximum atomic E-state index is 13.0. The summed E-state index contributed by atoms with van der Waals surface area (Å²) < 4.78 is 40.7. The van der Waals surface area contributed by atoms with Crippen LogP contribution in [0.1, 0.15) is 43.9 Å². The number of alkyl halides is 3. The van der Waals surface area contributed by atoms with E-state index < -0.39 is 11.7 Å². The van der Waals surface area contributed by atoms with Crippen LogP contribution in [0.4, 0.5) is 19.0 Å². The molecule has 1 aromatic carbocycles. The number of aromatic nitrogens is 5.